The Morgan fingerprint density at radius 1 is 1.04 bits per heavy atom. The van der Waals surface area contributed by atoms with Crippen molar-refractivity contribution in [2.24, 2.45) is 0 Å². The maximum absolute atomic E-state index is 13.0. The Kier molecular flexibility index (Phi) is 5.20. The lowest BCUT2D eigenvalue weighted by Gasteiger charge is -2.14. The van der Waals surface area contributed by atoms with E-state index in [-0.39, 0.29) is 24.5 Å². The maximum atomic E-state index is 13.0. The summed E-state index contributed by atoms with van der Waals surface area (Å²) in [5, 5.41) is 14.3. The average molecular weight is 340 g/mol. The highest BCUT2D eigenvalue weighted by Crippen LogP contribution is 2.15. The summed E-state index contributed by atoms with van der Waals surface area (Å²) < 4.78 is 19.7. The van der Waals surface area contributed by atoms with Crippen LogP contribution in [-0.2, 0) is 6.54 Å². The van der Waals surface area contributed by atoms with Crippen molar-refractivity contribution in [1.82, 2.24) is 9.78 Å². The topological polar surface area (TPSA) is 64.4 Å². The van der Waals surface area contributed by atoms with Crippen LogP contribution in [0.2, 0.25) is 0 Å². The number of para-hydroxylation sites is 1. The number of hydrogen-bond acceptors (Lipinski definition) is 4. The first kappa shape index (κ1) is 16.9. The van der Waals surface area contributed by atoms with Crippen molar-refractivity contribution in [2.75, 3.05) is 6.61 Å². The largest absolute Gasteiger partial charge is 0.491 e. The van der Waals surface area contributed by atoms with E-state index >= 15 is 0 Å². The van der Waals surface area contributed by atoms with Crippen molar-refractivity contribution >= 4 is 0 Å². The van der Waals surface area contributed by atoms with E-state index in [9.17, 15) is 14.3 Å². The smallest absolute Gasteiger partial charge is 0.266 e. The van der Waals surface area contributed by atoms with Gasteiger partial charge in [-0.15, -0.1) is 0 Å². The summed E-state index contributed by atoms with van der Waals surface area (Å²) in [6.07, 6.45) is -0.895. The Morgan fingerprint density at radius 3 is 2.48 bits per heavy atom. The van der Waals surface area contributed by atoms with Crippen molar-refractivity contribution < 1.29 is 14.2 Å². The van der Waals surface area contributed by atoms with Crippen LogP contribution in [0.1, 0.15) is 0 Å². The Morgan fingerprint density at radius 2 is 1.76 bits per heavy atom. The molecule has 1 N–H and O–H groups in total. The fourth-order valence-corrected chi connectivity index (χ4v) is 2.32. The maximum Gasteiger partial charge on any atom is 0.266 e. The van der Waals surface area contributed by atoms with Crippen LogP contribution in [0, 0.1) is 5.82 Å². The van der Waals surface area contributed by atoms with Crippen molar-refractivity contribution in [2.45, 2.75) is 12.6 Å². The summed E-state index contributed by atoms with van der Waals surface area (Å²) in [6, 6.07) is 17.9. The molecule has 0 bridgehead atoms. The number of aliphatic hydroxyl groups excluding tert-OH is 1. The van der Waals surface area contributed by atoms with E-state index in [4.69, 9.17) is 4.74 Å². The molecular weight excluding hydrogens is 323 g/mol. The third kappa shape index (κ3) is 4.51. The summed E-state index contributed by atoms with van der Waals surface area (Å²) in [5.74, 6) is 0.299. The zero-order chi connectivity index (χ0) is 17.6. The van der Waals surface area contributed by atoms with E-state index in [1.165, 1.54) is 22.9 Å². The van der Waals surface area contributed by atoms with Crippen molar-refractivity contribution in [3.8, 4) is 17.0 Å². The summed E-state index contributed by atoms with van der Waals surface area (Å²) in [6.45, 7) is 0.0413. The molecule has 0 aliphatic heterocycles. The van der Waals surface area contributed by atoms with Gasteiger partial charge in [-0.25, -0.2) is 9.07 Å². The lowest BCUT2D eigenvalue weighted by atomic mass is 10.1. The Bertz CT molecular complexity index is 879. The second kappa shape index (κ2) is 7.72. The third-order valence-corrected chi connectivity index (χ3v) is 3.58. The lowest BCUT2D eigenvalue weighted by Crippen LogP contribution is -2.31. The van der Waals surface area contributed by atoms with Crippen molar-refractivity contribution in [3.63, 3.8) is 0 Å². The van der Waals surface area contributed by atoms with Crippen LogP contribution in [-0.4, -0.2) is 27.6 Å². The monoisotopic (exact) mass is 340 g/mol. The highest BCUT2D eigenvalue weighted by Gasteiger charge is 2.10. The molecule has 0 aliphatic rings. The first-order valence-electron chi connectivity index (χ1n) is 7.82. The molecule has 0 amide bonds. The van der Waals surface area contributed by atoms with Crippen LogP contribution in [0.3, 0.4) is 0 Å². The number of ether oxygens (including phenoxy) is 1. The molecule has 25 heavy (non-hydrogen) atoms. The van der Waals surface area contributed by atoms with Gasteiger partial charge >= 0.3 is 0 Å². The van der Waals surface area contributed by atoms with E-state index in [0.29, 0.717) is 17.0 Å². The zero-order valence-corrected chi connectivity index (χ0v) is 13.4. The molecule has 0 saturated carbocycles. The molecule has 0 fully saturated rings. The number of benzene rings is 2. The molecule has 1 atom stereocenters. The first-order chi connectivity index (χ1) is 12.1. The molecule has 0 spiro atoms. The van der Waals surface area contributed by atoms with Gasteiger partial charge in [-0.1, -0.05) is 18.2 Å². The third-order valence-electron chi connectivity index (χ3n) is 3.58. The second-order valence-electron chi connectivity index (χ2n) is 5.52. The zero-order valence-electron chi connectivity index (χ0n) is 13.4. The van der Waals surface area contributed by atoms with Crippen LogP contribution in [0.25, 0.3) is 11.3 Å². The molecule has 1 aromatic heterocycles. The number of aromatic nitrogens is 2. The minimum atomic E-state index is -0.895. The van der Waals surface area contributed by atoms with Crippen LogP contribution in [0.4, 0.5) is 4.39 Å². The minimum absolute atomic E-state index is 0.000696. The predicted molar refractivity (Wildman–Crippen MR) is 91.8 cm³/mol. The normalized spacial score (nSPS) is 11.9. The molecule has 3 rings (SSSR count). The molecule has 5 nitrogen and oxygen atoms in total. The molecule has 128 valence electrons. The fourth-order valence-electron chi connectivity index (χ4n) is 2.32. The molecule has 6 heteroatoms. The van der Waals surface area contributed by atoms with E-state index in [2.05, 4.69) is 5.10 Å². The van der Waals surface area contributed by atoms with E-state index < -0.39 is 6.10 Å². The summed E-state index contributed by atoms with van der Waals surface area (Å²) in [5.41, 5.74) is 0.880. The molecule has 1 heterocycles. The highest BCUT2D eigenvalue weighted by molar-refractivity contribution is 5.57. The summed E-state index contributed by atoms with van der Waals surface area (Å²) >= 11 is 0. The van der Waals surface area contributed by atoms with E-state index in [1.54, 1.807) is 30.3 Å². The predicted octanol–water partition coefficient (Wildman–Crippen LogP) is 2.49. The van der Waals surface area contributed by atoms with Crippen LogP contribution in [0.5, 0.6) is 5.75 Å². The van der Waals surface area contributed by atoms with Gasteiger partial charge in [0, 0.05) is 11.6 Å². The number of nitrogens with zero attached hydrogens (tertiary/aromatic N) is 2. The van der Waals surface area contributed by atoms with Gasteiger partial charge in [0.2, 0.25) is 0 Å². The van der Waals surface area contributed by atoms with Gasteiger partial charge in [0.25, 0.3) is 5.56 Å². The molecule has 0 radical (unpaired) electrons. The fraction of sp³-hybridized carbons (Fsp3) is 0.158. The lowest BCUT2D eigenvalue weighted by molar-refractivity contribution is 0.0880. The molecular formula is C19H17FN2O3. The number of aliphatic hydroxyl groups is 1. The standard InChI is InChI=1S/C19H17FN2O3/c20-15-8-6-14(7-9-15)18-10-11-19(24)22(21-18)12-16(23)13-25-17-4-2-1-3-5-17/h1-11,16,23H,12-13H2/t16-/m0/s1. The molecule has 2 aromatic carbocycles. The van der Waals surface area contributed by atoms with Gasteiger partial charge in [-0.3, -0.25) is 4.79 Å². The molecule has 0 saturated heterocycles. The summed E-state index contributed by atoms with van der Waals surface area (Å²) in [7, 11) is 0. The minimum Gasteiger partial charge on any atom is -0.491 e. The van der Waals surface area contributed by atoms with E-state index in [1.807, 2.05) is 18.2 Å². The average Bonchev–Trinajstić information content (AvgIpc) is 2.63. The van der Waals surface area contributed by atoms with Crippen molar-refractivity contribution in [3.05, 3.63) is 82.9 Å². The number of halogens is 1. The highest BCUT2D eigenvalue weighted by atomic mass is 19.1. The van der Waals surface area contributed by atoms with Crippen LogP contribution in [0.15, 0.2) is 71.5 Å². The Labute approximate surface area is 143 Å². The first-order valence-corrected chi connectivity index (χ1v) is 7.82. The van der Waals surface area contributed by atoms with Gasteiger partial charge in [0.15, 0.2) is 0 Å². The van der Waals surface area contributed by atoms with Crippen molar-refractivity contribution in [1.29, 1.82) is 0 Å². The number of hydrogen-bond donors (Lipinski definition) is 1. The quantitative estimate of drug-likeness (QED) is 0.749. The van der Waals surface area contributed by atoms with Crippen LogP contribution >= 0.6 is 0 Å². The van der Waals surface area contributed by atoms with Gasteiger partial charge in [-0.2, -0.15) is 5.10 Å². The van der Waals surface area contributed by atoms with Gasteiger partial charge < -0.3 is 9.84 Å². The van der Waals surface area contributed by atoms with E-state index in [0.717, 1.165) is 0 Å². The Balaban J connectivity index is 1.70. The molecule has 3 aromatic rings. The molecule has 0 aliphatic carbocycles. The summed E-state index contributed by atoms with van der Waals surface area (Å²) in [4.78, 5) is 12.0. The molecule has 0 unspecified atom stereocenters. The Hall–Kier alpha value is -2.99. The van der Waals surface area contributed by atoms with Gasteiger partial charge in [0.1, 0.15) is 24.3 Å². The second-order valence-corrected chi connectivity index (χ2v) is 5.52. The van der Waals surface area contributed by atoms with Gasteiger partial charge in [0.05, 0.1) is 12.2 Å². The SMILES string of the molecule is O=c1ccc(-c2ccc(F)cc2)nn1C[C@H](O)COc1ccccc1. The van der Waals surface area contributed by atoms with Gasteiger partial charge in [-0.05, 0) is 42.5 Å². The number of rotatable bonds is 6. The van der Waals surface area contributed by atoms with Crippen LogP contribution < -0.4 is 10.3 Å².